The Morgan fingerprint density at radius 2 is 2.07 bits per heavy atom. The first-order chi connectivity index (χ1) is 14.3. The van der Waals surface area contributed by atoms with Gasteiger partial charge in [0, 0.05) is 31.4 Å². The van der Waals surface area contributed by atoms with E-state index in [0.29, 0.717) is 13.2 Å². The van der Waals surface area contributed by atoms with Gasteiger partial charge in [-0.1, -0.05) is 31.2 Å². The molecular formula is C21H29IN6OS. The number of benzene rings is 1. The molecule has 7 nitrogen and oxygen atoms in total. The van der Waals surface area contributed by atoms with Gasteiger partial charge in [-0.15, -0.1) is 45.5 Å². The lowest BCUT2D eigenvalue weighted by Gasteiger charge is -2.23. The second kappa shape index (κ2) is 13.2. The first-order valence-electron chi connectivity index (χ1n) is 9.82. The molecule has 3 aromatic rings. The topological polar surface area (TPSA) is 67.6 Å². The van der Waals surface area contributed by atoms with E-state index in [0.717, 1.165) is 43.6 Å². The molecule has 0 bridgehead atoms. The monoisotopic (exact) mass is 540 g/mol. The van der Waals surface area contributed by atoms with Gasteiger partial charge in [-0.25, -0.2) is 4.99 Å². The van der Waals surface area contributed by atoms with Gasteiger partial charge >= 0.3 is 0 Å². The van der Waals surface area contributed by atoms with Crippen LogP contribution in [0.1, 0.15) is 17.6 Å². The SMILES string of the molecule is CCc1nncn1CCNC(=NCc1cccs1)N(C)CCOc1ccccc1.I. The maximum Gasteiger partial charge on any atom is 0.194 e. The second-order valence-corrected chi connectivity index (χ2v) is 7.56. The minimum atomic E-state index is 0. The predicted molar refractivity (Wildman–Crippen MR) is 133 cm³/mol. The standard InChI is InChI=1S/C21H28N6OS.HI/c1-3-20-25-24-17-27(20)12-11-22-21(23-16-19-10-7-15-29-19)26(2)13-14-28-18-8-5-4-6-9-18;/h4-10,15,17H,3,11-14,16H2,1-2H3,(H,22,23);1H. The summed E-state index contributed by atoms with van der Waals surface area (Å²) in [6, 6.07) is 14.0. The van der Waals surface area contributed by atoms with E-state index in [-0.39, 0.29) is 24.0 Å². The molecule has 0 fully saturated rings. The second-order valence-electron chi connectivity index (χ2n) is 6.52. The number of aryl methyl sites for hydroxylation is 1. The fraction of sp³-hybridized carbons (Fsp3) is 0.381. The third-order valence-electron chi connectivity index (χ3n) is 4.41. The predicted octanol–water partition coefficient (Wildman–Crippen LogP) is 3.68. The first kappa shape index (κ1) is 24.1. The first-order valence-corrected chi connectivity index (χ1v) is 10.7. The quantitative estimate of drug-likeness (QED) is 0.242. The van der Waals surface area contributed by atoms with E-state index in [2.05, 4.69) is 49.4 Å². The summed E-state index contributed by atoms with van der Waals surface area (Å²) in [5, 5.41) is 13.7. The van der Waals surface area contributed by atoms with E-state index in [1.165, 1.54) is 4.88 Å². The van der Waals surface area contributed by atoms with Crippen LogP contribution < -0.4 is 10.1 Å². The van der Waals surface area contributed by atoms with Crippen molar-refractivity contribution in [3.63, 3.8) is 0 Å². The number of likely N-dealkylation sites (N-methyl/N-ethyl adjacent to an activating group) is 1. The summed E-state index contributed by atoms with van der Waals surface area (Å²) in [6.07, 6.45) is 2.65. The van der Waals surface area contributed by atoms with Gasteiger partial charge in [0.2, 0.25) is 0 Å². The minimum Gasteiger partial charge on any atom is -0.492 e. The molecule has 162 valence electrons. The van der Waals surface area contributed by atoms with E-state index in [4.69, 9.17) is 9.73 Å². The van der Waals surface area contributed by atoms with Crippen molar-refractivity contribution in [1.82, 2.24) is 25.0 Å². The van der Waals surface area contributed by atoms with Crippen LogP contribution in [0.5, 0.6) is 5.75 Å². The Morgan fingerprint density at radius 3 is 2.80 bits per heavy atom. The zero-order valence-electron chi connectivity index (χ0n) is 17.4. The summed E-state index contributed by atoms with van der Waals surface area (Å²) >= 11 is 1.72. The summed E-state index contributed by atoms with van der Waals surface area (Å²) in [6.45, 7) is 5.61. The number of hydrogen-bond acceptors (Lipinski definition) is 5. The fourth-order valence-electron chi connectivity index (χ4n) is 2.82. The molecule has 0 aliphatic heterocycles. The number of hydrogen-bond donors (Lipinski definition) is 1. The zero-order chi connectivity index (χ0) is 20.3. The van der Waals surface area contributed by atoms with Crippen LogP contribution in [-0.4, -0.2) is 52.4 Å². The molecular weight excluding hydrogens is 511 g/mol. The summed E-state index contributed by atoms with van der Waals surface area (Å²) in [5.74, 6) is 2.74. The molecule has 0 aliphatic rings. The maximum atomic E-state index is 5.83. The highest BCUT2D eigenvalue weighted by Gasteiger charge is 2.08. The Bertz CT molecular complexity index is 869. The fourth-order valence-corrected chi connectivity index (χ4v) is 3.45. The molecule has 3 rings (SSSR count). The van der Waals surface area contributed by atoms with Gasteiger partial charge in [0.05, 0.1) is 13.1 Å². The number of ether oxygens (including phenoxy) is 1. The van der Waals surface area contributed by atoms with Crippen LogP contribution in [0, 0.1) is 0 Å². The van der Waals surface area contributed by atoms with Crippen LogP contribution >= 0.6 is 35.3 Å². The van der Waals surface area contributed by atoms with E-state index < -0.39 is 0 Å². The highest BCUT2D eigenvalue weighted by Crippen LogP contribution is 2.10. The molecule has 0 spiro atoms. The smallest absolute Gasteiger partial charge is 0.194 e. The van der Waals surface area contributed by atoms with Crippen molar-refractivity contribution in [3.8, 4) is 5.75 Å². The number of aliphatic imine (C=N–C) groups is 1. The van der Waals surface area contributed by atoms with Crippen molar-refractivity contribution < 1.29 is 4.74 Å². The molecule has 0 unspecified atom stereocenters. The molecule has 0 atom stereocenters. The lowest BCUT2D eigenvalue weighted by molar-refractivity contribution is 0.281. The van der Waals surface area contributed by atoms with Crippen molar-refractivity contribution in [1.29, 1.82) is 0 Å². The minimum absolute atomic E-state index is 0. The lowest BCUT2D eigenvalue weighted by atomic mass is 10.3. The molecule has 0 aliphatic carbocycles. The number of halogens is 1. The van der Waals surface area contributed by atoms with Crippen LogP contribution in [0.25, 0.3) is 0 Å². The van der Waals surface area contributed by atoms with Crippen molar-refractivity contribution in [2.24, 2.45) is 4.99 Å². The van der Waals surface area contributed by atoms with E-state index in [9.17, 15) is 0 Å². The third-order valence-corrected chi connectivity index (χ3v) is 5.27. The number of guanidine groups is 1. The molecule has 0 saturated carbocycles. The van der Waals surface area contributed by atoms with Crippen molar-refractivity contribution >= 4 is 41.3 Å². The third kappa shape index (κ3) is 7.60. The van der Waals surface area contributed by atoms with Gasteiger partial charge < -0.3 is 19.5 Å². The van der Waals surface area contributed by atoms with E-state index >= 15 is 0 Å². The number of aromatic nitrogens is 3. The molecule has 2 heterocycles. The van der Waals surface area contributed by atoms with Crippen molar-refractivity contribution in [2.45, 2.75) is 26.4 Å². The van der Waals surface area contributed by atoms with E-state index in [1.807, 2.05) is 37.4 Å². The Hall–Kier alpha value is -2.14. The van der Waals surface area contributed by atoms with E-state index in [1.54, 1.807) is 17.7 Å². The van der Waals surface area contributed by atoms with Crippen LogP contribution in [0.2, 0.25) is 0 Å². The van der Waals surface area contributed by atoms with Gasteiger partial charge in [-0.3, -0.25) is 0 Å². The van der Waals surface area contributed by atoms with Crippen LogP contribution in [0.4, 0.5) is 0 Å². The van der Waals surface area contributed by atoms with Crippen molar-refractivity contribution in [2.75, 3.05) is 26.7 Å². The summed E-state index contributed by atoms with van der Waals surface area (Å²) < 4.78 is 7.90. The molecule has 30 heavy (non-hydrogen) atoms. The van der Waals surface area contributed by atoms with Crippen LogP contribution in [-0.2, 0) is 19.5 Å². The molecule has 0 amide bonds. The number of para-hydroxylation sites is 1. The molecule has 1 N–H and O–H groups in total. The average Bonchev–Trinajstić information content (AvgIpc) is 3.43. The van der Waals surface area contributed by atoms with Gasteiger partial charge in [-0.2, -0.15) is 0 Å². The van der Waals surface area contributed by atoms with Gasteiger partial charge in [0.15, 0.2) is 5.96 Å². The van der Waals surface area contributed by atoms with Gasteiger partial charge in [0.25, 0.3) is 0 Å². The average molecular weight is 540 g/mol. The Labute approximate surface area is 199 Å². The van der Waals surface area contributed by atoms with Gasteiger partial charge in [0.1, 0.15) is 24.5 Å². The van der Waals surface area contributed by atoms with Crippen molar-refractivity contribution in [3.05, 3.63) is 64.9 Å². The molecule has 0 saturated heterocycles. The van der Waals surface area contributed by atoms with Gasteiger partial charge in [-0.05, 0) is 23.6 Å². The Morgan fingerprint density at radius 1 is 1.23 bits per heavy atom. The Kier molecular flexibility index (Phi) is 10.6. The highest BCUT2D eigenvalue weighted by atomic mass is 127. The summed E-state index contributed by atoms with van der Waals surface area (Å²) in [7, 11) is 2.03. The molecule has 9 heteroatoms. The maximum absolute atomic E-state index is 5.83. The summed E-state index contributed by atoms with van der Waals surface area (Å²) in [4.78, 5) is 8.14. The number of thiophene rings is 1. The van der Waals surface area contributed by atoms with Crippen LogP contribution in [0.3, 0.4) is 0 Å². The number of nitrogens with one attached hydrogen (secondary N) is 1. The lowest BCUT2D eigenvalue weighted by Crippen LogP contribution is -2.42. The highest BCUT2D eigenvalue weighted by molar-refractivity contribution is 14.0. The molecule has 0 radical (unpaired) electrons. The largest absolute Gasteiger partial charge is 0.492 e. The summed E-state index contributed by atoms with van der Waals surface area (Å²) in [5.41, 5.74) is 0. The molecule has 2 aromatic heterocycles. The number of rotatable bonds is 10. The number of nitrogens with zero attached hydrogens (tertiary/aromatic N) is 5. The zero-order valence-corrected chi connectivity index (χ0v) is 20.5. The normalized spacial score (nSPS) is 11.1. The molecule has 1 aromatic carbocycles. The Balaban J connectivity index is 0.00000320. The van der Waals surface area contributed by atoms with Crippen LogP contribution in [0.15, 0.2) is 59.2 Å².